The van der Waals surface area contributed by atoms with Crippen LogP contribution in [0.15, 0.2) is 60.0 Å². The topological polar surface area (TPSA) is 49.9 Å². The second-order valence-electron chi connectivity index (χ2n) is 8.68. The molecule has 0 radical (unpaired) electrons. The molecule has 0 fully saturated rings. The summed E-state index contributed by atoms with van der Waals surface area (Å²) in [5, 5.41) is 2.00. The number of para-hydroxylation sites is 1. The molecular formula is C27H31FN2O3S. The van der Waals surface area contributed by atoms with Gasteiger partial charge in [0.05, 0.1) is 19.2 Å². The third kappa shape index (κ3) is 6.67. The summed E-state index contributed by atoms with van der Waals surface area (Å²) in [5.41, 5.74) is 2.37. The molecule has 2 amide bonds. The van der Waals surface area contributed by atoms with Crippen LogP contribution in [0.25, 0.3) is 0 Å². The van der Waals surface area contributed by atoms with Gasteiger partial charge >= 0.3 is 0 Å². The van der Waals surface area contributed by atoms with Crippen LogP contribution in [0, 0.1) is 18.7 Å². The first kappa shape index (κ1) is 25.4. The fourth-order valence-corrected chi connectivity index (χ4v) is 4.62. The molecule has 3 rings (SSSR count). The SMILES string of the molecule is COc1ccccc1C(=O)N(CC(=O)N(Cc1ccc(F)cc1)Cc1sccc1C)CC(C)C. The Bertz CT molecular complexity index is 1110. The number of aryl methyl sites for hydroxylation is 1. The van der Waals surface area contributed by atoms with Gasteiger partial charge in [-0.2, -0.15) is 0 Å². The minimum absolute atomic E-state index is 0.0549. The molecule has 0 aliphatic carbocycles. The monoisotopic (exact) mass is 482 g/mol. The van der Waals surface area contributed by atoms with Crippen LogP contribution in [0.3, 0.4) is 0 Å². The van der Waals surface area contributed by atoms with Gasteiger partial charge in [-0.25, -0.2) is 4.39 Å². The molecule has 0 atom stereocenters. The predicted octanol–water partition coefficient (Wildman–Crippen LogP) is 5.53. The summed E-state index contributed by atoms with van der Waals surface area (Å²) in [6.07, 6.45) is 0. The molecule has 180 valence electrons. The van der Waals surface area contributed by atoms with Crippen LogP contribution in [-0.2, 0) is 17.9 Å². The van der Waals surface area contributed by atoms with Crippen LogP contribution in [-0.4, -0.2) is 41.8 Å². The molecule has 5 nitrogen and oxygen atoms in total. The Morgan fingerprint density at radius 3 is 2.32 bits per heavy atom. The number of carbonyl (C=O) groups excluding carboxylic acids is 2. The predicted molar refractivity (Wildman–Crippen MR) is 133 cm³/mol. The van der Waals surface area contributed by atoms with Crippen molar-refractivity contribution in [2.45, 2.75) is 33.9 Å². The van der Waals surface area contributed by atoms with Crippen molar-refractivity contribution in [3.63, 3.8) is 0 Å². The average Bonchev–Trinajstić information content (AvgIpc) is 3.23. The van der Waals surface area contributed by atoms with Gasteiger partial charge in [-0.15, -0.1) is 11.3 Å². The fourth-order valence-electron chi connectivity index (χ4n) is 3.70. The highest BCUT2D eigenvalue weighted by molar-refractivity contribution is 7.10. The zero-order chi connectivity index (χ0) is 24.7. The lowest BCUT2D eigenvalue weighted by atomic mass is 10.1. The smallest absolute Gasteiger partial charge is 0.258 e. The minimum Gasteiger partial charge on any atom is -0.496 e. The van der Waals surface area contributed by atoms with E-state index in [0.29, 0.717) is 30.9 Å². The van der Waals surface area contributed by atoms with Gasteiger partial charge in [0.2, 0.25) is 5.91 Å². The van der Waals surface area contributed by atoms with Crippen LogP contribution in [0.2, 0.25) is 0 Å². The van der Waals surface area contributed by atoms with E-state index in [1.807, 2.05) is 32.2 Å². The molecule has 34 heavy (non-hydrogen) atoms. The van der Waals surface area contributed by atoms with Crippen LogP contribution in [0.4, 0.5) is 4.39 Å². The number of hydrogen-bond donors (Lipinski definition) is 0. The summed E-state index contributed by atoms with van der Waals surface area (Å²) in [5.74, 6) is -0.0709. The van der Waals surface area contributed by atoms with E-state index in [0.717, 1.165) is 16.0 Å². The molecule has 0 bridgehead atoms. The van der Waals surface area contributed by atoms with Crippen molar-refractivity contribution < 1.29 is 18.7 Å². The number of halogens is 1. The number of nitrogens with zero attached hydrogens (tertiary/aromatic N) is 2. The normalized spacial score (nSPS) is 10.9. The van der Waals surface area contributed by atoms with Gasteiger partial charge in [0, 0.05) is 18.0 Å². The summed E-state index contributed by atoms with van der Waals surface area (Å²) in [7, 11) is 1.53. The number of hydrogen-bond acceptors (Lipinski definition) is 4. The number of amides is 2. The first-order chi connectivity index (χ1) is 16.3. The second kappa shape index (κ2) is 11.8. The van der Waals surface area contributed by atoms with Crippen molar-refractivity contribution in [3.8, 4) is 5.75 Å². The lowest BCUT2D eigenvalue weighted by Gasteiger charge is -2.29. The molecule has 0 saturated heterocycles. The lowest BCUT2D eigenvalue weighted by Crippen LogP contribution is -2.44. The third-order valence-electron chi connectivity index (χ3n) is 5.48. The van der Waals surface area contributed by atoms with Crippen LogP contribution >= 0.6 is 11.3 Å². The second-order valence-corrected chi connectivity index (χ2v) is 9.68. The Morgan fingerprint density at radius 1 is 1.00 bits per heavy atom. The summed E-state index contributed by atoms with van der Waals surface area (Å²) in [6.45, 7) is 7.18. The molecule has 0 aliphatic heterocycles. The largest absolute Gasteiger partial charge is 0.496 e. The Labute approximate surface area is 204 Å². The van der Waals surface area contributed by atoms with Gasteiger partial charge in [-0.1, -0.05) is 38.1 Å². The maximum absolute atomic E-state index is 13.6. The number of benzene rings is 2. The summed E-state index contributed by atoms with van der Waals surface area (Å²) in [6, 6.07) is 15.2. The number of rotatable bonds is 10. The van der Waals surface area contributed by atoms with Crippen molar-refractivity contribution >= 4 is 23.2 Å². The van der Waals surface area contributed by atoms with Crippen molar-refractivity contribution in [1.82, 2.24) is 9.80 Å². The quantitative estimate of drug-likeness (QED) is 0.382. The lowest BCUT2D eigenvalue weighted by molar-refractivity contribution is -0.133. The molecule has 3 aromatic rings. The average molecular weight is 483 g/mol. The van der Waals surface area contributed by atoms with Crippen molar-refractivity contribution in [2.24, 2.45) is 5.92 Å². The van der Waals surface area contributed by atoms with Crippen molar-refractivity contribution in [1.29, 1.82) is 0 Å². The Hall–Kier alpha value is -3.19. The molecule has 0 aliphatic rings. The Morgan fingerprint density at radius 2 is 1.71 bits per heavy atom. The maximum atomic E-state index is 13.6. The van der Waals surface area contributed by atoms with E-state index < -0.39 is 0 Å². The molecule has 7 heteroatoms. The van der Waals surface area contributed by atoms with Crippen LogP contribution in [0.1, 0.15) is 40.2 Å². The first-order valence-electron chi connectivity index (χ1n) is 11.3. The third-order valence-corrected chi connectivity index (χ3v) is 6.49. The van der Waals surface area contributed by atoms with E-state index in [1.165, 1.54) is 19.2 Å². The van der Waals surface area contributed by atoms with Gasteiger partial charge in [-0.3, -0.25) is 9.59 Å². The van der Waals surface area contributed by atoms with Crippen LogP contribution in [0.5, 0.6) is 5.75 Å². The Balaban J connectivity index is 1.86. The molecule has 0 N–H and O–H groups in total. The van der Waals surface area contributed by atoms with Gasteiger partial charge in [0.25, 0.3) is 5.91 Å². The highest BCUT2D eigenvalue weighted by Crippen LogP contribution is 2.22. The molecule has 0 unspecified atom stereocenters. The number of methoxy groups -OCH3 is 1. The molecule has 1 heterocycles. The fraction of sp³-hybridized carbons (Fsp3) is 0.333. The van der Waals surface area contributed by atoms with Crippen molar-refractivity contribution in [2.75, 3.05) is 20.2 Å². The molecule has 0 saturated carbocycles. The highest BCUT2D eigenvalue weighted by atomic mass is 32.1. The van der Waals surface area contributed by atoms with Gasteiger partial charge in [0.1, 0.15) is 18.1 Å². The highest BCUT2D eigenvalue weighted by Gasteiger charge is 2.25. The van der Waals surface area contributed by atoms with E-state index in [9.17, 15) is 14.0 Å². The van der Waals surface area contributed by atoms with Gasteiger partial charge < -0.3 is 14.5 Å². The zero-order valence-electron chi connectivity index (χ0n) is 20.1. The maximum Gasteiger partial charge on any atom is 0.258 e. The summed E-state index contributed by atoms with van der Waals surface area (Å²) in [4.78, 5) is 31.4. The molecule has 1 aromatic heterocycles. The standard InChI is InChI=1S/C27H31FN2O3S/c1-19(2)15-30(27(32)23-7-5-6-8-24(23)33-4)18-26(31)29(17-25-20(3)13-14-34-25)16-21-9-11-22(28)12-10-21/h5-14,19H,15-18H2,1-4H3. The molecular weight excluding hydrogens is 451 g/mol. The molecule has 2 aromatic carbocycles. The van der Waals surface area contributed by atoms with E-state index in [-0.39, 0.29) is 30.1 Å². The molecule has 0 spiro atoms. The van der Waals surface area contributed by atoms with E-state index in [1.54, 1.807) is 57.5 Å². The number of ether oxygens (including phenoxy) is 1. The summed E-state index contributed by atoms with van der Waals surface area (Å²) < 4.78 is 18.8. The summed E-state index contributed by atoms with van der Waals surface area (Å²) >= 11 is 1.59. The van der Waals surface area contributed by atoms with Crippen LogP contribution < -0.4 is 4.74 Å². The first-order valence-corrected chi connectivity index (χ1v) is 12.1. The zero-order valence-corrected chi connectivity index (χ0v) is 20.9. The van der Waals surface area contributed by atoms with E-state index in [4.69, 9.17) is 4.74 Å². The minimum atomic E-state index is -0.318. The van der Waals surface area contributed by atoms with E-state index >= 15 is 0 Å². The number of thiophene rings is 1. The van der Waals surface area contributed by atoms with E-state index in [2.05, 4.69) is 0 Å². The van der Waals surface area contributed by atoms with Gasteiger partial charge in [0.15, 0.2) is 0 Å². The van der Waals surface area contributed by atoms with Gasteiger partial charge in [-0.05, 0) is 59.7 Å². The van der Waals surface area contributed by atoms with Crippen molar-refractivity contribution in [3.05, 3.63) is 87.4 Å². The Kier molecular flexibility index (Phi) is 8.82. The number of carbonyl (C=O) groups is 2.